The number of aliphatic imine (C=N–C) groups is 1. The van der Waals surface area contributed by atoms with Crippen LogP contribution in [0.1, 0.15) is 12.5 Å². The molecule has 1 aromatic rings. The van der Waals surface area contributed by atoms with Gasteiger partial charge in [-0.15, -0.1) is 0 Å². The van der Waals surface area contributed by atoms with Crippen LogP contribution in [0.2, 0.25) is 0 Å². The first-order chi connectivity index (χ1) is 5.81. The van der Waals surface area contributed by atoms with Crippen molar-refractivity contribution in [3.05, 3.63) is 48.0 Å². The molecule has 1 atom stereocenters. The molecule has 0 fully saturated rings. The molecule has 0 saturated heterocycles. The lowest BCUT2D eigenvalue weighted by Crippen LogP contribution is -2.12. The zero-order valence-electron chi connectivity index (χ0n) is 7.07. The predicted molar refractivity (Wildman–Crippen MR) is 51.4 cm³/mol. The third-order valence-corrected chi connectivity index (χ3v) is 2.21. The van der Waals surface area contributed by atoms with Crippen molar-refractivity contribution in [3.8, 4) is 0 Å². The maximum Gasteiger partial charge on any atom is 0.101 e. The molecule has 2 rings (SSSR count). The summed E-state index contributed by atoms with van der Waals surface area (Å²) >= 11 is 0. The lowest BCUT2D eigenvalue weighted by Gasteiger charge is -2.18. The third-order valence-electron chi connectivity index (χ3n) is 2.21. The Bertz CT molecular complexity index is 310. The Morgan fingerprint density at radius 2 is 1.92 bits per heavy atom. The second-order valence-corrected chi connectivity index (χ2v) is 3.15. The van der Waals surface area contributed by atoms with Gasteiger partial charge in [-0.1, -0.05) is 36.4 Å². The zero-order chi connectivity index (χ0) is 8.44. The Balaban J connectivity index is 2.43. The number of hydrogen-bond donors (Lipinski definition) is 0. The van der Waals surface area contributed by atoms with Crippen LogP contribution >= 0.6 is 0 Å². The molecule has 0 radical (unpaired) electrons. The Morgan fingerprint density at radius 1 is 1.17 bits per heavy atom. The fraction of sp³-hybridized carbons (Fsp3) is 0.182. The first-order valence-corrected chi connectivity index (χ1v) is 4.10. The van der Waals surface area contributed by atoms with Gasteiger partial charge in [-0.2, -0.15) is 0 Å². The second kappa shape index (κ2) is 2.59. The number of rotatable bonds is 1. The fourth-order valence-corrected chi connectivity index (χ4v) is 1.42. The highest BCUT2D eigenvalue weighted by Gasteiger charge is 2.22. The van der Waals surface area contributed by atoms with E-state index in [0.717, 1.165) is 0 Å². The summed E-state index contributed by atoms with van der Waals surface area (Å²) in [6.45, 7) is 2.11. The van der Waals surface area contributed by atoms with Crippen LogP contribution in [0, 0.1) is 0 Å². The monoisotopic (exact) mass is 157 g/mol. The normalized spacial score (nSPS) is 26.4. The quantitative estimate of drug-likeness (QED) is 0.594. The minimum absolute atomic E-state index is 0.124. The van der Waals surface area contributed by atoms with Crippen LogP contribution in [0.3, 0.4) is 0 Å². The highest BCUT2D eigenvalue weighted by atomic mass is 14.8. The molecule has 0 aromatic heterocycles. The van der Waals surface area contributed by atoms with E-state index in [-0.39, 0.29) is 5.54 Å². The van der Waals surface area contributed by atoms with E-state index in [9.17, 15) is 0 Å². The van der Waals surface area contributed by atoms with E-state index in [1.807, 2.05) is 30.5 Å². The molecule has 0 bridgehead atoms. The first kappa shape index (κ1) is 7.29. The van der Waals surface area contributed by atoms with Gasteiger partial charge in [-0.05, 0) is 18.6 Å². The van der Waals surface area contributed by atoms with Gasteiger partial charge < -0.3 is 0 Å². The van der Waals surface area contributed by atoms with E-state index >= 15 is 0 Å². The zero-order valence-corrected chi connectivity index (χ0v) is 7.07. The van der Waals surface area contributed by atoms with Crippen LogP contribution < -0.4 is 0 Å². The molecule has 12 heavy (non-hydrogen) atoms. The summed E-state index contributed by atoms with van der Waals surface area (Å²) < 4.78 is 0. The van der Waals surface area contributed by atoms with Crippen LogP contribution in [0.4, 0.5) is 0 Å². The maximum atomic E-state index is 4.40. The van der Waals surface area contributed by atoms with Crippen molar-refractivity contribution in [2.24, 2.45) is 4.99 Å². The molecule has 1 heteroatoms. The lowest BCUT2D eigenvalue weighted by molar-refractivity contribution is 0.648. The minimum atomic E-state index is -0.124. The average molecular weight is 157 g/mol. The number of benzene rings is 1. The van der Waals surface area contributed by atoms with E-state index < -0.39 is 0 Å². The molecule has 1 aromatic carbocycles. The molecule has 0 spiro atoms. The minimum Gasteiger partial charge on any atom is -0.278 e. The second-order valence-electron chi connectivity index (χ2n) is 3.15. The highest BCUT2D eigenvalue weighted by Crippen LogP contribution is 2.28. The summed E-state index contributed by atoms with van der Waals surface area (Å²) in [6.07, 6.45) is 5.96. The molecule has 1 nitrogen and oxygen atoms in total. The molecular weight excluding hydrogens is 146 g/mol. The average Bonchev–Trinajstić information content (AvgIpc) is 2.55. The summed E-state index contributed by atoms with van der Waals surface area (Å²) in [5.41, 5.74) is 1.12. The molecule has 1 heterocycles. The van der Waals surface area contributed by atoms with E-state index in [0.29, 0.717) is 0 Å². The van der Waals surface area contributed by atoms with Crippen LogP contribution in [0.15, 0.2) is 47.5 Å². The Morgan fingerprint density at radius 3 is 2.50 bits per heavy atom. The van der Waals surface area contributed by atoms with Gasteiger partial charge in [0.2, 0.25) is 0 Å². The molecule has 0 aliphatic carbocycles. The van der Waals surface area contributed by atoms with Gasteiger partial charge in [0, 0.05) is 6.21 Å². The molecule has 1 unspecified atom stereocenters. The lowest BCUT2D eigenvalue weighted by atomic mass is 9.94. The smallest absolute Gasteiger partial charge is 0.101 e. The molecule has 0 amide bonds. The number of allylic oxidation sites excluding steroid dienone is 1. The van der Waals surface area contributed by atoms with Crippen molar-refractivity contribution in [2.75, 3.05) is 0 Å². The van der Waals surface area contributed by atoms with E-state index in [1.165, 1.54) is 5.56 Å². The van der Waals surface area contributed by atoms with Crippen LogP contribution in [0.5, 0.6) is 0 Å². The van der Waals surface area contributed by atoms with E-state index in [4.69, 9.17) is 0 Å². The topological polar surface area (TPSA) is 12.4 Å². The Labute approximate surface area is 72.5 Å². The summed E-state index contributed by atoms with van der Waals surface area (Å²) in [5.74, 6) is 0. The Hall–Kier alpha value is -1.37. The predicted octanol–water partition coefficient (Wildman–Crippen LogP) is 2.54. The van der Waals surface area contributed by atoms with Gasteiger partial charge >= 0.3 is 0 Å². The summed E-state index contributed by atoms with van der Waals surface area (Å²) in [4.78, 5) is 4.40. The largest absolute Gasteiger partial charge is 0.278 e. The van der Waals surface area contributed by atoms with E-state index in [2.05, 4.69) is 30.1 Å². The van der Waals surface area contributed by atoms with Gasteiger partial charge in [-0.3, -0.25) is 4.99 Å². The Kier molecular flexibility index (Phi) is 1.58. The summed E-state index contributed by atoms with van der Waals surface area (Å²) in [6, 6.07) is 10.3. The third kappa shape index (κ3) is 1.07. The maximum absolute atomic E-state index is 4.40. The molecular formula is C11H11N. The summed E-state index contributed by atoms with van der Waals surface area (Å²) in [7, 11) is 0. The standard InChI is InChI=1S/C11H11N/c1-11(8-5-9-12-11)10-6-3-2-4-7-10/h2-9H,1H3. The van der Waals surface area contributed by atoms with Crippen molar-refractivity contribution < 1.29 is 0 Å². The van der Waals surface area contributed by atoms with Gasteiger partial charge in [0.05, 0.1) is 0 Å². The van der Waals surface area contributed by atoms with Crippen molar-refractivity contribution in [2.45, 2.75) is 12.5 Å². The molecule has 1 aliphatic rings. The number of hydrogen-bond acceptors (Lipinski definition) is 1. The van der Waals surface area contributed by atoms with Gasteiger partial charge in [0.25, 0.3) is 0 Å². The van der Waals surface area contributed by atoms with Crippen molar-refractivity contribution >= 4 is 6.21 Å². The SMILES string of the molecule is CC1(c2ccccc2)C=CC=N1. The molecule has 0 N–H and O–H groups in total. The van der Waals surface area contributed by atoms with Crippen LogP contribution in [-0.4, -0.2) is 6.21 Å². The van der Waals surface area contributed by atoms with Crippen molar-refractivity contribution in [3.63, 3.8) is 0 Å². The van der Waals surface area contributed by atoms with Crippen molar-refractivity contribution in [1.29, 1.82) is 0 Å². The fourth-order valence-electron chi connectivity index (χ4n) is 1.42. The first-order valence-electron chi connectivity index (χ1n) is 4.10. The van der Waals surface area contributed by atoms with Crippen LogP contribution in [-0.2, 0) is 5.54 Å². The van der Waals surface area contributed by atoms with Gasteiger partial charge in [0.15, 0.2) is 0 Å². The van der Waals surface area contributed by atoms with Gasteiger partial charge in [0.1, 0.15) is 5.54 Å². The molecule has 60 valence electrons. The highest BCUT2D eigenvalue weighted by molar-refractivity contribution is 5.75. The molecule has 0 saturated carbocycles. The molecule has 1 aliphatic heterocycles. The van der Waals surface area contributed by atoms with E-state index in [1.54, 1.807) is 0 Å². The van der Waals surface area contributed by atoms with Gasteiger partial charge in [-0.25, -0.2) is 0 Å². The van der Waals surface area contributed by atoms with Crippen molar-refractivity contribution in [1.82, 2.24) is 0 Å². The van der Waals surface area contributed by atoms with Crippen LogP contribution in [0.25, 0.3) is 0 Å². The number of nitrogens with zero attached hydrogens (tertiary/aromatic N) is 1. The summed E-state index contributed by atoms with van der Waals surface area (Å²) in [5, 5.41) is 0.